The van der Waals surface area contributed by atoms with E-state index >= 15 is 4.39 Å². The maximum atomic E-state index is 15.3. The maximum absolute atomic E-state index is 15.3. The summed E-state index contributed by atoms with van der Waals surface area (Å²) in [5.74, 6) is -0.0984. The number of anilines is 1. The molecule has 0 aliphatic heterocycles. The van der Waals surface area contributed by atoms with Gasteiger partial charge in [-0.2, -0.15) is 5.10 Å². The number of imidazole rings is 1. The number of pyridine rings is 3. The fraction of sp³-hybridized carbons (Fsp3) is 0. The molecule has 0 amide bonds. The molecule has 0 spiro atoms. The largest absolute Gasteiger partial charge is 0.397 e. The number of hydrogen-bond donors (Lipinski definition) is 3. The Morgan fingerprint density at radius 2 is 2.00 bits per heavy atom. The first-order chi connectivity index (χ1) is 12.7. The Morgan fingerprint density at radius 3 is 2.85 bits per heavy atom. The molecule has 0 saturated heterocycles. The van der Waals surface area contributed by atoms with Crippen LogP contribution in [0.2, 0.25) is 0 Å². The SMILES string of the molecule is Nc1cncc(-c2ncc3[nH]nc(-c4nc5cccnc5[nH]4)c3c2F)c1. The van der Waals surface area contributed by atoms with E-state index in [1.165, 1.54) is 18.6 Å². The zero-order chi connectivity index (χ0) is 17.7. The van der Waals surface area contributed by atoms with Gasteiger partial charge in [-0.25, -0.2) is 14.4 Å². The lowest BCUT2D eigenvalue weighted by molar-refractivity contribution is 0.638. The molecule has 0 aromatic carbocycles. The topological polar surface area (TPSA) is 122 Å². The second-order valence-electron chi connectivity index (χ2n) is 5.75. The summed E-state index contributed by atoms with van der Waals surface area (Å²) >= 11 is 0. The third-order valence-corrected chi connectivity index (χ3v) is 4.06. The van der Waals surface area contributed by atoms with Gasteiger partial charge in [-0.1, -0.05) is 0 Å². The Balaban J connectivity index is 1.75. The number of nitrogens with one attached hydrogen (secondary N) is 2. The molecule has 4 N–H and O–H groups in total. The van der Waals surface area contributed by atoms with Gasteiger partial charge in [0.2, 0.25) is 0 Å². The van der Waals surface area contributed by atoms with Crippen LogP contribution in [-0.4, -0.2) is 35.1 Å². The van der Waals surface area contributed by atoms with Gasteiger partial charge >= 0.3 is 0 Å². The van der Waals surface area contributed by atoms with Gasteiger partial charge in [0.25, 0.3) is 0 Å². The van der Waals surface area contributed by atoms with E-state index in [-0.39, 0.29) is 11.1 Å². The normalized spacial score (nSPS) is 11.4. The first-order valence-electron chi connectivity index (χ1n) is 7.75. The van der Waals surface area contributed by atoms with Crippen molar-refractivity contribution < 1.29 is 4.39 Å². The fourth-order valence-corrected chi connectivity index (χ4v) is 2.89. The Hall–Kier alpha value is -3.88. The van der Waals surface area contributed by atoms with Crippen molar-refractivity contribution in [2.24, 2.45) is 0 Å². The van der Waals surface area contributed by atoms with Crippen LogP contribution in [0.5, 0.6) is 0 Å². The summed E-state index contributed by atoms with van der Waals surface area (Å²) in [5.41, 5.74) is 8.92. The molecule has 126 valence electrons. The molecule has 5 aromatic rings. The van der Waals surface area contributed by atoms with Crippen LogP contribution in [0.15, 0.2) is 43.0 Å². The average Bonchev–Trinajstić information content (AvgIpc) is 3.26. The van der Waals surface area contributed by atoms with E-state index in [0.717, 1.165) is 0 Å². The molecular formula is C17H11FN8. The van der Waals surface area contributed by atoms with Crippen LogP contribution in [0, 0.1) is 5.82 Å². The second-order valence-corrected chi connectivity index (χ2v) is 5.75. The number of nitrogens with zero attached hydrogens (tertiary/aromatic N) is 5. The molecule has 0 radical (unpaired) electrons. The molecule has 0 atom stereocenters. The molecule has 8 nitrogen and oxygen atoms in total. The van der Waals surface area contributed by atoms with E-state index in [1.807, 2.05) is 6.07 Å². The third-order valence-electron chi connectivity index (χ3n) is 4.06. The summed E-state index contributed by atoms with van der Waals surface area (Å²) in [5, 5.41) is 7.28. The van der Waals surface area contributed by atoms with Crippen LogP contribution in [0.4, 0.5) is 10.1 Å². The highest BCUT2D eigenvalue weighted by Crippen LogP contribution is 2.32. The van der Waals surface area contributed by atoms with E-state index in [4.69, 9.17) is 5.73 Å². The van der Waals surface area contributed by atoms with E-state index in [1.54, 1.807) is 18.3 Å². The van der Waals surface area contributed by atoms with Gasteiger partial charge in [0.15, 0.2) is 17.3 Å². The minimum Gasteiger partial charge on any atom is -0.397 e. The van der Waals surface area contributed by atoms with Crippen LogP contribution < -0.4 is 5.73 Å². The predicted molar refractivity (Wildman–Crippen MR) is 94.4 cm³/mol. The monoisotopic (exact) mass is 346 g/mol. The van der Waals surface area contributed by atoms with Crippen LogP contribution >= 0.6 is 0 Å². The van der Waals surface area contributed by atoms with E-state index in [0.29, 0.717) is 39.4 Å². The Labute approximate surface area is 145 Å². The molecule has 0 bridgehead atoms. The molecule has 5 aromatic heterocycles. The summed E-state index contributed by atoms with van der Waals surface area (Å²) < 4.78 is 15.3. The number of halogens is 1. The van der Waals surface area contributed by atoms with E-state index in [2.05, 4.69) is 35.1 Å². The minimum absolute atomic E-state index is 0.147. The average molecular weight is 346 g/mol. The summed E-state index contributed by atoms with van der Waals surface area (Å²) in [6.45, 7) is 0. The van der Waals surface area contributed by atoms with Crippen molar-refractivity contribution in [2.75, 3.05) is 5.73 Å². The van der Waals surface area contributed by atoms with Gasteiger partial charge in [0, 0.05) is 24.2 Å². The lowest BCUT2D eigenvalue weighted by atomic mass is 10.1. The van der Waals surface area contributed by atoms with Crippen molar-refractivity contribution in [1.29, 1.82) is 0 Å². The molecule has 5 rings (SSSR count). The quantitative estimate of drug-likeness (QED) is 0.452. The van der Waals surface area contributed by atoms with Gasteiger partial charge in [0.05, 0.1) is 22.8 Å². The van der Waals surface area contributed by atoms with Gasteiger partial charge < -0.3 is 10.7 Å². The van der Waals surface area contributed by atoms with Gasteiger partial charge in [-0.3, -0.25) is 15.1 Å². The molecule has 0 aliphatic rings. The van der Waals surface area contributed by atoms with Crippen LogP contribution in [-0.2, 0) is 0 Å². The summed E-state index contributed by atoms with van der Waals surface area (Å²) in [6.07, 6.45) is 6.18. The first-order valence-corrected chi connectivity index (χ1v) is 7.75. The van der Waals surface area contributed by atoms with Crippen LogP contribution in [0.25, 0.3) is 44.8 Å². The zero-order valence-corrected chi connectivity index (χ0v) is 13.2. The maximum Gasteiger partial charge on any atom is 0.161 e. The number of aromatic amines is 2. The van der Waals surface area contributed by atoms with Crippen molar-refractivity contribution in [2.45, 2.75) is 0 Å². The number of nitrogens with two attached hydrogens (primary N) is 1. The van der Waals surface area contributed by atoms with Crippen molar-refractivity contribution in [3.05, 3.63) is 48.8 Å². The minimum atomic E-state index is -0.521. The lowest BCUT2D eigenvalue weighted by Crippen LogP contribution is -1.94. The Morgan fingerprint density at radius 1 is 1.08 bits per heavy atom. The molecule has 9 heteroatoms. The van der Waals surface area contributed by atoms with E-state index < -0.39 is 5.82 Å². The highest BCUT2D eigenvalue weighted by atomic mass is 19.1. The van der Waals surface area contributed by atoms with Crippen molar-refractivity contribution >= 4 is 27.8 Å². The standard InChI is InChI=1S/C17H11FN8/c18-13-12-11(7-22-14(13)8-4-9(19)6-20-5-8)25-26-15(12)17-23-10-2-1-3-21-16(10)24-17/h1-7H,19H2,(H,25,26)(H,21,23,24). The molecule has 0 fully saturated rings. The molecular weight excluding hydrogens is 335 g/mol. The number of aromatic nitrogens is 7. The molecule has 0 saturated carbocycles. The summed E-state index contributed by atoms with van der Waals surface area (Å²) in [4.78, 5) is 19.9. The highest BCUT2D eigenvalue weighted by molar-refractivity contribution is 5.95. The third kappa shape index (κ3) is 2.10. The molecule has 26 heavy (non-hydrogen) atoms. The fourth-order valence-electron chi connectivity index (χ4n) is 2.89. The Bertz CT molecular complexity index is 1240. The molecule has 0 aliphatic carbocycles. The lowest BCUT2D eigenvalue weighted by Gasteiger charge is -2.04. The highest BCUT2D eigenvalue weighted by Gasteiger charge is 2.20. The summed E-state index contributed by atoms with van der Waals surface area (Å²) in [7, 11) is 0. The predicted octanol–water partition coefficient (Wildman–Crippen LogP) is 2.68. The Kier molecular flexibility index (Phi) is 2.95. The van der Waals surface area contributed by atoms with Crippen molar-refractivity contribution in [3.63, 3.8) is 0 Å². The van der Waals surface area contributed by atoms with Crippen LogP contribution in [0.3, 0.4) is 0 Å². The van der Waals surface area contributed by atoms with Gasteiger partial charge in [0.1, 0.15) is 16.9 Å². The number of H-pyrrole nitrogens is 2. The number of hydrogen-bond acceptors (Lipinski definition) is 6. The first kappa shape index (κ1) is 14.5. The molecule has 5 heterocycles. The molecule has 0 unspecified atom stereocenters. The number of nitrogen functional groups attached to an aromatic ring is 1. The summed E-state index contributed by atoms with van der Waals surface area (Å²) in [6, 6.07) is 5.22. The second kappa shape index (κ2) is 5.31. The zero-order valence-electron chi connectivity index (χ0n) is 13.2. The van der Waals surface area contributed by atoms with Crippen LogP contribution in [0.1, 0.15) is 0 Å². The van der Waals surface area contributed by atoms with Crippen molar-refractivity contribution in [3.8, 4) is 22.8 Å². The van der Waals surface area contributed by atoms with Crippen molar-refractivity contribution in [1.82, 2.24) is 35.1 Å². The number of rotatable bonds is 2. The van der Waals surface area contributed by atoms with E-state index in [9.17, 15) is 0 Å². The smallest absolute Gasteiger partial charge is 0.161 e. The number of fused-ring (bicyclic) bond motifs is 2. The van der Waals surface area contributed by atoms with Gasteiger partial charge in [-0.15, -0.1) is 0 Å². The van der Waals surface area contributed by atoms with Gasteiger partial charge in [-0.05, 0) is 18.2 Å².